The number of amides is 1. The van der Waals surface area contributed by atoms with E-state index < -0.39 is 81.4 Å². The molecule has 0 saturated heterocycles. The van der Waals surface area contributed by atoms with Gasteiger partial charge in [0.2, 0.25) is 5.78 Å². The Bertz CT molecular complexity index is 1270. The molecule has 0 aromatic heterocycles. The van der Waals surface area contributed by atoms with Crippen LogP contribution in [0.15, 0.2) is 47.5 Å². The zero-order valence-electron chi connectivity index (χ0n) is 20.0. The summed E-state index contributed by atoms with van der Waals surface area (Å²) in [6.07, 6.45) is -0.0719. The standard InChI is InChI=1S/C25H29N3O8/c1-5-8-27-11-7-6-10-9(2)12-14(19(30)13(10)18(11)29)22(33)25(36)16(20(12)31)17(28(3)4)21(32)15(23(25)34)24(26)35/h5-7,9,12,16-17,20,27,29,31-33,36H,1,8H2,2-4H3,(H2,26,35)/t9-,12+,16+,17-,20-,25-/m1/s1. The number of aliphatic hydroxyl groups excluding tert-OH is 3. The zero-order chi connectivity index (χ0) is 26.9. The van der Waals surface area contributed by atoms with Gasteiger partial charge in [0, 0.05) is 18.0 Å². The third-order valence-corrected chi connectivity index (χ3v) is 7.57. The fraction of sp³-hybridized carbons (Fsp3) is 0.400. The van der Waals surface area contributed by atoms with E-state index in [1.807, 2.05) is 0 Å². The molecule has 3 aliphatic rings. The molecule has 11 nitrogen and oxygen atoms in total. The minimum Gasteiger partial charge on any atom is -0.510 e. The van der Waals surface area contributed by atoms with E-state index >= 15 is 0 Å². The number of likely N-dealkylation sites (N-methyl/N-ethyl adjacent to an activating group) is 1. The van der Waals surface area contributed by atoms with Gasteiger partial charge in [0.25, 0.3) is 5.91 Å². The first kappa shape index (κ1) is 25.4. The van der Waals surface area contributed by atoms with Gasteiger partial charge >= 0.3 is 0 Å². The molecule has 0 bridgehead atoms. The number of ketones is 2. The van der Waals surface area contributed by atoms with Crippen molar-refractivity contribution in [2.45, 2.75) is 30.6 Å². The SMILES string of the molecule is C=CCNc1ccc2c(c1O)C(=O)C1=C(O)[C@@]3(O)C(=O)C(C(N)=O)=C(O)[C@H](N(C)C)[C@H]3[C@H](O)[C@H]1[C@@H]2C. The van der Waals surface area contributed by atoms with Gasteiger partial charge < -0.3 is 36.6 Å². The fourth-order valence-electron chi connectivity index (χ4n) is 5.95. The summed E-state index contributed by atoms with van der Waals surface area (Å²) in [6, 6.07) is 1.89. The minimum atomic E-state index is -2.93. The predicted octanol–water partition coefficient (Wildman–Crippen LogP) is 0.250. The molecule has 0 unspecified atom stereocenters. The number of Topliss-reactive ketones (excluding diaryl/α,β-unsaturated/α-hetero) is 2. The van der Waals surface area contributed by atoms with Crippen LogP contribution in [0.2, 0.25) is 0 Å². The normalized spacial score (nSPS) is 31.7. The fourth-order valence-corrected chi connectivity index (χ4v) is 5.95. The average Bonchev–Trinajstić information content (AvgIpc) is 2.80. The van der Waals surface area contributed by atoms with Crippen molar-refractivity contribution in [3.8, 4) is 5.75 Å². The number of hydrogen-bond acceptors (Lipinski definition) is 10. The van der Waals surface area contributed by atoms with Gasteiger partial charge in [0.15, 0.2) is 11.4 Å². The molecular formula is C25H29N3O8. The Balaban J connectivity index is 2.00. The molecule has 6 atom stereocenters. The van der Waals surface area contributed by atoms with Crippen LogP contribution in [-0.4, -0.2) is 86.3 Å². The lowest BCUT2D eigenvalue weighted by Crippen LogP contribution is -2.68. The molecule has 0 heterocycles. The number of hydrogen-bond donors (Lipinski definition) is 7. The van der Waals surface area contributed by atoms with E-state index in [4.69, 9.17) is 5.73 Å². The number of anilines is 1. The Morgan fingerprint density at radius 3 is 2.44 bits per heavy atom. The molecule has 0 aliphatic heterocycles. The van der Waals surface area contributed by atoms with Gasteiger partial charge in [-0.15, -0.1) is 6.58 Å². The molecular weight excluding hydrogens is 470 g/mol. The summed E-state index contributed by atoms with van der Waals surface area (Å²) in [5.74, 6) is -9.13. The van der Waals surface area contributed by atoms with Gasteiger partial charge in [-0.1, -0.05) is 19.1 Å². The molecule has 1 aromatic carbocycles. The molecule has 0 fully saturated rings. The Labute approximate surface area is 206 Å². The van der Waals surface area contributed by atoms with Crippen LogP contribution in [0.3, 0.4) is 0 Å². The predicted molar refractivity (Wildman–Crippen MR) is 128 cm³/mol. The van der Waals surface area contributed by atoms with Crippen molar-refractivity contribution in [3.63, 3.8) is 0 Å². The largest absolute Gasteiger partial charge is 0.510 e. The van der Waals surface area contributed by atoms with Gasteiger partial charge in [-0.3, -0.25) is 19.3 Å². The third-order valence-electron chi connectivity index (χ3n) is 7.57. The molecule has 8 N–H and O–H groups in total. The number of carbonyl (C=O) groups excluding carboxylic acids is 3. The second-order valence-corrected chi connectivity index (χ2v) is 9.65. The first-order chi connectivity index (χ1) is 16.8. The number of rotatable bonds is 5. The highest BCUT2D eigenvalue weighted by Crippen LogP contribution is 2.55. The smallest absolute Gasteiger partial charge is 0.255 e. The topological polar surface area (TPSA) is 194 Å². The minimum absolute atomic E-state index is 0.149. The molecule has 0 saturated carbocycles. The van der Waals surface area contributed by atoms with Crippen LogP contribution in [0, 0.1) is 11.8 Å². The van der Waals surface area contributed by atoms with E-state index in [0.29, 0.717) is 12.1 Å². The summed E-state index contributed by atoms with van der Waals surface area (Å²) < 4.78 is 0. The van der Waals surface area contributed by atoms with E-state index in [1.54, 1.807) is 25.1 Å². The Kier molecular flexibility index (Phi) is 5.98. The second-order valence-electron chi connectivity index (χ2n) is 9.65. The molecule has 3 aliphatic carbocycles. The van der Waals surface area contributed by atoms with Crippen LogP contribution in [0.4, 0.5) is 5.69 Å². The maximum atomic E-state index is 13.7. The Morgan fingerprint density at radius 2 is 1.89 bits per heavy atom. The Morgan fingerprint density at radius 1 is 1.25 bits per heavy atom. The van der Waals surface area contributed by atoms with Gasteiger partial charge in [0.1, 0.15) is 22.8 Å². The van der Waals surface area contributed by atoms with E-state index in [-0.39, 0.29) is 11.3 Å². The van der Waals surface area contributed by atoms with E-state index in [1.165, 1.54) is 19.0 Å². The van der Waals surface area contributed by atoms with Crippen molar-refractivity contribution in [2.24, 2.45) is 17.6 Å². The number of aliphatic hydroxyl groups is 4. The van der Waals surface area contributed by atoms with Crippen molar-refractivity contribution in [2.75, 3.05) is 26.0 Å². The van der Waals surface area contributed by atoms with E-state index in [0.717, 1.165) is 0 Å². The van der Waals surface area contributed by atoms with Gasteiger partial charge in [-0.05, 0) is 31.6 Å². The van der Waals surface area contributed by atoms with Crippen molar-refractivity contribution < 1.29 is 39.9 Å². The summed E-state index contributed by atoms with van der Waals surface area (Å²) in [7, 11) is 2.97. The van der Waals surface area contributed by atoms with Crippen LogP contribution >= 0.6 is 0 Å². The maximum absolute atomic E-state index is 13.7. The van der Waals surface area contributed by atoms with Crippen LogP contribution in [0.5, 0.6) is 5.75 Å². The lowest BCUT2D eigenvalue weighted by atomic mass is 9.55. The lowest BCUT2D eigenvalue weighted by molar-refractivity contribution is -0.162. The number of nitrogens with two attached hydrogens (primary N) is 1. The number of nitrogens with zero attached hydrogens (tertiary/aromatic N) is 1. The number of benzene rings is 1. The number of carbonyl (C=O) groups is 3. The zero-order valence-corrected chi connectivity index (χ0v) is 20.0. The highest BCUT2D eigenvalue weighted by molar-refractivity contribution is 6.25. The number of nitrogens with one attached hydrogen (secondary N) is 1. The number of phenolic OH excluding ortho intramolecular Hbond substituents is 1. The molecule has 0 spiro atoms. The summed E-state index contributed by atoms with van der Waals surface area (Å²) >= 11 is 0. The first-order valence-electron chi connectivity index (χ1n) is 11.4. The number of phenols is 1. The first-order valence-corrected chi connectivity index (χ1v) is 11.4. The highest BCUT2D eigenvalue weighted by atomic mass is 16.4. The molecule has 0 radical (unpaired) electrons. The number of fused-ring (bicyclic) bond motifs is 3. The van der Waals surface area contributed by atoms with Crippen LogP contribution in [-0.2, 0) is 9.59 Å². The van der Waals surface area contributed by atoms with Crippen LogP contribution < -0.4 is 11.1 Å². The van der Waals surface area contributed by atoms with Gasteiger partial charge in [-0.25, -0.2) is 0 Å². The monoisotopic (exact) mass is 499 g/mol. The Hall–Kier alpha value is -3.67. The van der Waals surface area contributed by atoms with Crippen LogP contribution in [0.1, 0.15) is 28.8 Å². The summed E-state index contributed by atoms with van der Waals surface area (Å²) in [5.41, 5.74) is 1.47. The number of primary amides is 1. The molecule has 1 amide bonds. The number of aromatic hydroxyl groups is 1. The molecule has 4 rings (SSSR count). The summed E-state index contributed by atoms with van der Waals surface area (Å²) in [4.78, 5) is 40.5. The average molecular weight is 500 g/mol. The van der Waals surface area contributed by atoms with E-state index in [9.17, 15) is 39.9 Å². The second kappa shape index (κ2) is 8.47. The molecule has 11 heteroatoms. The van der Waals surface area contributed by atoms with Crippen molar-refractivity contribution in [1.82, 2.24) is 4.90 Å². The lowest BCUT2D eigenvalue weighted by Gasteiger charge is -2.53. The van der Waals surface area contributed by atoms with Gasteiger partial charge in [0.05, 0.1) is 29.3 Å². The highest BCUT2D eigenvalue weighted by Gasteiger charge is 2.67. The van der Waals surface area contributed by atoms with Crippen molar-refractivity contribution in [1.29, 1.82) is 0 Å². The molecule has 1 aromatic rings. The third kappa shape index (κ3) is 3.13. The van der Waals surface area contributed by atoms with Crippen molar-refractivity contribution >= 4 is 23.2 Å². The van der Waals surface area contributed by atoms with Gasteiger partial charge in [-0.2, -0.15) is 0 Å². The summed E-state index contributed by atoms with van der Waals surface area (Å²) in [6.45, 7) is 5.55. The maximum Gasteiger partial charge on any atom is 0.255 e. The van der Waals surface area contributed by atoms with Crippen molar-refractivity contribution in [3.05, 3.63) is 58.6 Å². The molecule has 192 valence electrons. The van der Waals surface area contributed by atoms with Crippen LogP contribution in [0.25, 0.3) is 0 Å². The quantitative estimate of drug-likeness (QED) is 0.168. The van der Waals surface area contributed by atoms with E-state index in [2.05, 4.69) is 11.9 Å². The molecule has 36 heavy (non-hydrogen) atoms. The summed E-state index contributed by atoms with van der Waals surface area (Å²) in [5, 5.41) is 59.1.